The van der Waals surface area contributed by atoms with E-state index < -0.39 is 0 Å². The molecular formula is C31H52. The first-order valence-corrected chi connectivity index (χ1v) is 13.7. The van der Waals surface area contributed by atoms with Crippen LogP contribution in [0.3, 0.4) is 0 Å². The first-order valence-electron chi connectivity index (χ1n) is 13.7. The molecule has 176 valence electrons. The molecule has 8 unspecified atom stereocenters. The Hall–Kier alpha value is -0.520. The smallest absolute Gasteiger partial charge is 0.0172 e. The molecule has 0 nitrogen and oxygen atoms in total. The molecule has 0 aromatic rings. The van der Waals surface area contributed by atoms with Crippen LogP contribution in [0.25, 0.3) is 0 Å². The normalized spacial score (nSPS) is 47.1. The highest BCUT2D eigenvalue weighted by atomic mass is 14.7. The van der Waals surface area contributed by atoms with Crippen molar-refractivity contribution in [3.63, 3.8) is 0 Å². The lowest BCUT2D eigenvalue weighted by Crippen LogP contribution is -2.62. The Morgan fingerprint density at radius 3 is 2.19 bits per heavy atom. The first kappa shape index (κ1) is 23.6. The van der Waals surface area contributed by atoms with Gasteiger partial charge in [0.15, 0.2) is 0 Å². The third-order valence-electron chi connectivity index (χ3n) is 12.4. The molecular weight excluding hydrogens is 372 g/mol. The Bertz CT molecular complexity index is 726. The average molecular weight is 425 g/mol. The summed E-state index contributed by atoms with van der Waals surface area (Å²) in [4.78, 5) is 0. The van der Waals surface area contributed by atoms with Gasteiger partial charge in [-0.1, -0.05) is 72.3 Å². The highest BCUT2D eigenvalue weighted by Crippen LogP contribution is 2.75. The zero-order chi connectivity index (χ0) is 22.8. The molecule has 0 amide bonds. The molecule has 0 saturated heterocycles. The van der Waals surface area contributed by atoms with Crippen LogP contribution in [-0.2, 0) is 0 Å². The summed E-state index contributed by atoms with van der Waals surface area (Å²) in [6, 6.07) is 0. The van der Waals surface area contributed by atoms with Gasteiger partial charge in [-0.3, -0.25) is 0 Å². The van der Waals surface area contributed by atoms with Crippen molar-refractivity contribution in [2.24, 2.45) is 51.2 Å². The molecule has 0 aliphatic heterocycles. The van der Waals surface area contributed by atoms with E-state index in [4.69, 9.17) is 0 Å². The van der Waals surface area contributed by atoms with Crippen molar-refractivity contribution in [3.05, 3.63) is 24.3 Å². The van der Waals surface area contributed by atoms with Crippen LogP contribution in [0, 0.1) is 51.2 Å². The Morgan fingerprint density at radius 2 is 1.52 bits per heavy atom. The van der Waals surface area contributed by atoms with Crippen LogP contribution in [0.1, 0.15) is 119 Å². The fraction of sp³-hybridized carbons (Fsp3) is 0.871. The lowest BCUT2D eigenvalue weighted by atomic mass is 9.36. The molecule has 4 aliphatic carbocycles. The van der Waals surface area contributed by atoms with Gasteiger partial charge >= 0.3 is 0 Å². The van der Waals surface area contributed by atoms with Crippen molar-refractivity contribution >= 4 is 0 Å². The van der Waals surface area contributed by atoms with Crippen LogP contribution in [0.15, 0.2) is 24.3 Å². The Labute approximate surface area is 194 Å². The van der Waals surface area contributed by atoms with Crippen LogP contribution < -0.4 is 0 Å². The molecule has 4 rings (SSSR count). The van der Waals surface area contributed by atoms with Gasteiger partial charge in [0, 0.05) is 0 Å². The van der Waals surface area contributed by atoms with Crippen molar-refractivity contribution in [1.29, 1.82) is 0 Å². The quantitative estimate of drug-likeness (QED) is 0.385. The molecule has 4 fully saturated rings. The maximum absolute atomic E-state index is 4.69. The molecule has 4 aliphatic rings. The summed E-state index contributed by atoms with van der Waals surface area (Å²) in [7, 11) is 0. The van der Waals surface area contributed by atoms with Crippen LogP contribution in [-0.4, -0.2) is 0 Å². The van der Waals surface area contributed by atoms with Crippen LogP contribution in [0.5, 0.6) is 0 Å². The minimum absolute atomic E-state index is 0.513. The number of allylic oxidation sites excluding steroid dienone is 2. The molecule has 0 spiro atoms. The SMILES string of the molecule is C=C(C)C(C)CCC(=C)C1CCC2(C)C1CCC1C3(C)CCCC(C)(C)C3CCC12C. The van der Waals surface area contributed by atoms with Crippen molar-refractivity contribution in [2.75, 3.05) is 0 Å². The van der Waals surface area contributed by atoms with Gasteiger partial charge in [-0.15, -0.1) is 0 Å². The van der Waals surface area contributed by atoms with E-state index in [0.717, 1.165) is 23.7 Å². The number of hydrogen-bond donors (Lipinski definition) is 0. The van der Waals surface area contributed by atoms with Crippen molar-refractivity contribution < 1.29 is 0 Å². The van der Waals surface area contributed by atoms with E-state index in [2.05, 4.69) is 61.6 Å². The van der Waals surface area contributed by atoms with E-state index in [0.29, 0.717) is 27.6 Å². The maximum Gasteiger partial charge on any atom is -0.0172 e. The van der Waals surface area contributed by atoms with Crippen LogP contribution >= 0.6 is 0 Å². The average Bonchev–Trinajstić information content (AvgIpc) is 3.03. The van der Waals surface area contributed by atoms with Gasteiger partial charge in [-0.25, -0.2) is 0 Å². The summed E-state index contributed by atoms with van der Waals surface area (Å²) in [5.41, 5.74) is 5.04. The van der Waals surface area contributed by atoms with Gasteiger partial charge in [0.1, 0.15) is 0 Å². The first-order chi connectivity index (χ1) is 14.4. The van der Waals surface area contributed by atoms with Crippen LogP contribution in [0.4, 0.5) is 0 Å². The summed E-state index contributed by atoms with van der Waals surface area (Å²) >= 11 is 0. The van der Waals surface area contributed by atoms with Gasteiger partial charge < -0.3 is 0 Å². The molecule has 8 atom stereocenters. The third kappa shape index (κ3) is 3.44. The Kier molecular flexibility index (Phi) is 5.92. The predicted molar refractivity (Wildman–Crippen MR) is 136 cm³/mol. The molecule has 0 aromatic carbocycles. The molecule has 0 heterocycles. The largest absolute Gasteiger partial charge is 0.0999 e. The monoisotopic (exact) mass is 424 g/mol. The van der Waals surface area contributed by atoms with Gasteiger partial charge in [0.25, 0.3) is 0 Å². The number of fused-ring (bicyclic) bond motifs is 5. The Balaban J connectivity index is 1.56. The summed E-state index contributed by atoms with van der Waals surface area (Å²) in [5.74, 6) is 4.13. The third-order valence-corrected chi connectivity index (χ3v) is 12.4. The summed E-state index contributed by atoms with van der Waals surface area (Å²) in [5, 5.41) is 0. The van der Waals surface area contributed by atoms with Gasteiger partial charge in [0.2, 0.25) is 0 Å². The highest BCUT2D eigenvalue weighted by Gasteiger charge is 2.67. The Morgan fingerprint density at radius 1 is 0.839 bits per heavy atom. The van der Waals surface area contributed by atoms with E-state index in [1.807, 2.05) is 0 Å². The number of rotatable bonds is 5. The maximum atomic E-state index is 4.69. The van der Waals surface area contributed by atoms with E-state index in [9.17, 15) is 0 Å². The zero-order valence-electron chi connectivity index (χ0n) is 22.1. The molecule has 0 N–H and O–H groups in total. The minimum atomic E-state index is 0.513. The number of hydrogen-bond acceptors (Lipinski definition) is 0. The highest BCUT2D eigenvalue weighted by molar-refractivity contribution is 5.20. The summed E-state index contributed by atoms with van der Waals surface area (Å²) in [6.45, 7) is 26.8. The fourth-order valence-corrected chi connectivity index (χ4v) is 10.2. The van der Waals surface area contributed by atoms with Gasteiger partial charge in [-0.05, 0) is 122 Å². The zero-order valence-corrected chi connectivity index (χ0v) is 22.1. The van der Waals surface area contributed by atoms with Crippen molar-refractivity contribution in [1.82, 2.24) is 0 Å². The second-order valence-corrected chi connectivity index (χ2v) is 14.1. The van der Waals surface area contributed by atoms with Crippen molar-refractivity contribution in [2.45, 2.75) is 119 Å². The molecule has 31 heavy (non-hydrogen) atoms. The molecule has 4 saturated carbocycles. The predicted octanol–water partition coefficient (Wildman–Crippen LogP) is 9.61. The lowest BCUT2D eigenvalue weighted by Gasteiger charge is -2.69. The van der Waals surface area contributed by atoms with E-state index in [1.165, 1.54) is 76.2 Å². The second-order valence-electron chi connectivity index (χ2n) is 14.1. The summed E-state index contributed by atoms with van der Waals surface area (Å²) < 4.78 is 0. The minimum Gasteiger partial charge on any atom is -0.0999 e. The molecule has 0 aromatic heterocycles. The molecule has 0 heteroatoms. The van der Waals surface area contributed by atoms with E-state index in [-0.39, 0.29) is 0 Å². The van der Waals surface area contributed by atoms with Gasteiger partial charge in [-0.2, -0.15) is 0 Å². The fourth-order valence-electron chi connectivity index (χ4n) is 10.2. The van der Waals surface area contributed by atoms with Crippen molar-refractivity contribution in [3.8, 4) is 0 Å². The molecule has 0 radical (unpaired) electrons. The summed E-state index contributed by atoms with van der Waals surface area (Å²) in [6.07, 6.45) is 15.5. The van der Waals surface area contributed by atoms with Gasteiger partial charge in [0.05, 0.1) is 0 Å². The topological polar surface area (TPSA) is 0 Å². The van der Waals surface area contributed by atoms with E-state index >= 15 is 0 Å². The van der Waals surface area contributed by atoms with E-state index in [1.54, 1.807) is 5.57 Å². The van der Waals surface area contributed by atoms with Crippen LogP contribution in [0.2, 0.25) is 0 Å². The standard InChI is InChI=1S/C31H52/c1-21(2)22(3)11-12-23(4)24-15-19-30(8)25(24)13-14-27-29(7)18-10-17-28(5,6)26(29)16-20-31(27,30)9/h22,24-27H,1,4,10-20H2,2-3,5-9H3. The lowest BCUT2D eigenvalue weighted by molar-refractivity contribution is -0.201. The molecule has 0 bridgehead atoms. The second kappa shape index (κ2) is 7.77.